The number of nitrogens with zero attached hydrogens (tertiary/aromatic N) is 2. The molecule has 0 atom stereocenters. The van der Waals surface area contributed by atoms with Crippen molar-refractivity contribution in [2.24, 2.45) is 5.10 Å². The molecule has 10 heteroatoms. The Labute approximate surface area is 211 Å². The minimum absolute atomic E-state index is 0.0194. The maximum atomic E-state index is 13.3. The molecule has 3 aromatic rings. The predicted molar refractivity (Wildman–Crippen MR) is 137 cm³/mol. The molecule has 0 saturated heterocycles. The summed E-state index contributed by atoms with van der Waals surface area (Å²) >= 11 is 10.9. The lowest BCUT2D eigenvalue weighted by Gasteiger charge is -2.21. The second kappa shape index (κ2) is 11.8. The van der Waals surface area contributed by atoms with Crippen LogP contribution in [0.2, 0.25) is 5.02 Å². The Kier molecular flexibility index (Phi) is 9.10. The van der Waals surface area contributed by atoms with Crippen molar-refractivity contribution in [1.82, 2.24) is 9.73 Å². The van der Waals surface area contributed by atoms with E-state index in [1.807, 2.05) is 42.7 Å². The second-order valence-electron chi connectivity index (χ2n) is 6.92. The highest BCUT2D eigenvalue weighted by Gasteiger charge is 2.27. The van der Waals surface area contributed by atoms with Crippen molar-refractivity contribution in [3.8, 4) is 0 Å². The van der Waals surface area contributed by atoms with Crippen LogP contribution in [0, 0.1) is 0 Å². The molecule has 0 saturated carbocycles. The van der Waals surface area contributed by atoms with E-state index >= 15 is 0 Å². The van der Waals surface area contributed by atoms with E-state index in [0.717, 1.165) is 24.8 Å². The highest BCUT2D eigenvalue weighted by Crippen LogP contribution is 2.21. The van der Waals surface area contributed by atoms with E-state index in [4.69, 9.17) is 11.6 Å². The number of sulfonamides is 1. The van der Waals surface area contributed by atoms with E-state index < -0.39 is 22.5 Å². The minimum atomic E-state index is -3.96. The van der Waals surface area contributed by atoms with Gasteiger partial charge in [-0.05, 0) is 65.9 Å². The summed E-state index contributed by atoms with van der Waals surface area (Å²) < 4.78 is 28.5. The maximum Gasteiger partial charge on any atom is 0.255 e. The van der Waals surface area contributed by atoms with E-state index in [2.05, 4.69) is 26.5 Å². The molecule has 33 heavy (non-hydrogen) atoms. The summed E-state index contributed by atoms with van der Waals surface area (Å²) in [5, 5.41) is 4.38. The highest BCUT2D eigenvalue weighted by molar-refractivity contribution is 9.10. The summed E-state index contributed by atoms with van der Waals surface area (Å²) in [5.41, 5.74) is 3.96. The van der Waals surface area contributed by atoms with E-state index in [1.54, 1.807) is 23.9 Å². The fraction of sp³-hybridized carbons (Fsp3) is 0.130. The zero-order chi connectivity index (χ0) is 23.8. The largest absolute Gasteiger partial charge is 0.272 e. The third-order valence-corrected chi connectivity index (χ3v) is 7.89. The van der Waals surface area contributed by atoms with Crippen molar-refractivity contribution < 1.29 is 13.2 Å². The molecule has 172 valence electrons. The molecule has 0 spiro atoms. The molecular weight excluding hydrogens is 546 g/mol. The number of hydrogen-bond donors (Lipinski definition) is 1. The van der Waals surface area contributed by atoms with E-state index in [-0.39, 0.29) is 11.4 Å². The summed E-state index contributed by atoms with van der Waals surface area (Å²) in [6, 6.07) is 20.7. The van der Waals surface area contributed by atoms with Gasteiger partial charge < -0.3 is 0 Å². The van der Waals surface area contributed by atoms with Crippen LogP contribution in [0.3, 0.4) is 0 Å². The molecule has 1 N–H and O–H groups in total. The third-order valence-electron chi connectivity index (χ3n) is 4.56. The number of benzene rings is 3. The Morgan fingerprint density at radius 2 is 1.70 bits per heavy atom. The second-order valence-corrected chi connectivity index (χ2v) is 11.1. The summed E-state index contributed by atoms with van der Waals surface area (Å²) in [4.78, 5) is 13.7. The van der Waals surface area contributed by atoms with E-state index in [1.165, 1.54) is 30.5 Å². The number of halogens is 2. The van der Waals surface area contributed by atoms with Crippen LogP contribution in [-0.2, 0) is 21.4 Å². The summed E-state index contributed by atoms with van der Waals surface area (Å²) in [6.07, 6.45) is 3.50. The Balaban J connectivity index is 1.76. The van der Waals surface area contributed by atoms with E-state index in [0.29, 0.717) is 5.02 Å². The van der Waals surface area contributed by atoms with Gasteiger partial charge in [0, 0.05) is 20.9 Å². The molecule has 3 aromatic carbocycles. The van der Waals surface area contributed by atoms with Gasteiger partial charge in [-0.25, -0.2) is 13.8 Å². The van der Waals surface area contributed by atoms with Crippen LogP contribution >= 0.6 is 39.3 Å². The molecule has 0 aromatic heterocycles. The summed E-state index contributed by atoms with van der Waals surface area (Å²) in [5.74, 6) is -0.554. The molecule has 0 bridgehead atoms. The zero-order valence-corrected chi connectivity index (χ0v) is 21.6. The van der Waals surface area contributed by atoms with Crippen molar-refractivity contribution in [2.75, 3.05) is 12.8 Å². The molecule has 0 aliphatic carbocycles. The summed E-state index contributed by atoms with van der Waals surface area (Å²) in [7, 11) is -3.96. The van der Waals surface area contributed by atoms with Crippen molar-refractivity contribution in [2.45, 2.75) is 16.3 Å². The van der Waals surface area contributed by atoms with Crippen LogP contribution in [0.5, 0.6) is 0 Å². The minimum Gasteiger partial charge on any atom is -0.272 e. The van der Waals surface area contributed by atoms with Crippen molar-refractivity contribution in [3.05, 3.63) is 93.4 Å². The maximum absolute atomic E-state index is 13.3. The van der Waals surface area contributed by atoms with Gasteiger partial charge in [0.25, 0.3) is 5.91 Å². The molecule has 0 aliphatic heterocycles. The number of nitrogens with one attached hydrogen (secondary N) is 1. The number of hydrogen-bond acceptors (Lipinski definition) is 5. The number of rotatable bonds is 9. The SMILES string of the molecule is CSc1ccc(/C=N\NC(=O)CN(Cc2ccc(Br)cc2)S(=O)(=O)c2ccc(Cl)cc2)cc1. The number of carbonyl (C=O) groups excluding carboxylic acids is 1. The Bertz CT molecular complexity index is 1220. The van der Waals surface area contributed by atoms with Crippen LogP contribution < -0.4 is 5.43 Å². The van der Waals surface area contributed by atoms with Gasteiger partial charge >= 0.3 is 0 Å². The predicted octanol–water partition coefficient (Wildman–Crippen LogP) is 5.17. The molecule has 0 fully saturated rings. The first-order chi connectivity index (χ1) is 15.8. The Morgan fingerprint density at radius 3 is 2.30 bits per heavy atom. The standard InChI is InChI=1S/C23H21BrClN3O3S2/c1-32-21-10-4-17(5-11-21)14-26-27-23(29)16-28(15-18-2-6-19(24)7-3-18)33(30,31)22-12-8-20(25)9-13-22/h2-14H,15-16H2,1H3,(H,27,29)/b26-14-. The molecule has 3 rings (SSSR count). The molecule has 0 aliphatic rings. The lowest BCUT2D eigenvalue weighted by molar-refractivity contribution is -0.121. The van der Waals surface area contributed by atoms with Crippen LogP contribution in [0.4, 0.5) is 0 Å². The molecule has 0 heterocycles. The normalized spacial score (nSPS) is 11.8. The van der Waals surface area contributed by atoms with Crippen LogP contribution in [0.15, 0.2) is 92.2 Å². The average molecular weight is 567 g/mol. The molecule has 0 radical (unpaired) electrons. The molecular formula is C23H21BrClN3O3S2. The van der Waals surface area contributed by atoms with Gasteiger partial charge in [0.1, 0.15) is 0 Å². The molecule has 1 amide bonds. The van der Waals surface area contributed by atoms with Gasteiger partial charge in [0.05, 0.1) is 17.7 Å². The first-order valence-corrected chi connectivity index (χ1v) is 13.6. The lowest BCUT2D eigenvalue weighted by atomic mass is 10.2. The van der Waals surface area contributed by atoms with Gasteiger partial charge in [-0.3, -0.25) is 4.79 Å². The number of thioether (sulfide) groups is 1. The van der Waals surface area contributed by atoms with Crippen molar-refractivity contribution >= 4 is 61.4 Å². The fourth-order valence-electron chi connectivity index (χ4n) is 2.84. The summed E-state index contributed by atoms with van der Waals surface area (Å²) in [6.45, 7) is -0.380. The smallest absolute Gasteiger partial charge is 0.255 e. The topological polar surface area (TPSA) is 78.8 Å². The van der Waals surface area contributed by atoms with Gasteiger partial charge in [-0.1, -0.05) is 51.8 Å². The molecule has 6 nitrogen and oxygen atoms in total. The van der Waals surface area contributed by atoms with E-state index in [9.17, 15) is 13.2 Å². The third kappa shape index (κ3) is 7.41. The van der Waals surface area contributed by atoms with Crippen LogP contribution in [0.25, 0.3) is 0 Å². The number of hydrazone groups is 1. The quantitative estimate of drug-likeness (QED) is 0.220. The van der Waals surface area contributed by atoms with Gasteiger partial charge in [0.15, 0.2) is 0 Å². The first kappa shape index (κ1) is 25.5. The Hall–Kier alpha value is -2.17. The lowest BCUT2D eigenvalue weighted by Crippen LogP contribution is -2.39. The Morgan fingerprint density at radius 1 is 1.06 bits per heavy atom. The first-order valence-electron chi connectivity index (χ1n) is 9.74. The van der Waals surface area contributed by atoms with Gasteiger partial charge in [0.2, 0.25) is 10.0 Å². The van der Waals surface area contributed by atoms with Crippen molar-refractivity contribution in [1.29, 1.82) is 0 Å². The number of amides is 1. The van der Waals surface area contributed by atoms with Crippen LogP contribution in [-0.4, -0.2) is 37.6 Å². The fourth-order valence-corrected chi connectivity index (χ4v) is 5.02. The van der Waals surface area contributed by atoms with Crippen molar-refractivity contribution in [3.63, 3.8) is 0 Å². The van der Waals surface area contributed by atoms with Gasteiger partial charge in [-0.15, -0.1) is 11.8 Å². The highest BCUT2D eigenvalue weighted by atomic mass is 79.9. The average Bonchev–Trinajstić information content (AvgIpc) is 2.81. The van der Waals surface area contributed by atoms with Crippen LogP contribution in [0.1, 0.15) is 11.1 Å². The molecule has 0 unspecified atom stereocenters. The monoisotopic (exact) mass is 565 g/mol. The van der Waals surface area contributed by atoms with Gasteiger partial charge in [-0.2, -0.15) is 9.41 Å². The number of carbonyl (C=O) groups is 1. The zero-order valence-electron chi connectivity index (χ0n) is 17.6.